The van der Waals surface area contributed by atoms with Crippen molar-refractivity contribution < 1.29 is 19.0 Å². The second kappa shape index (κ2) is 10.9. The summed E-state index contributed by atoms with van der Waals surface area (Å²) in [5.41, 5.74) is 0. The number of carbonyl (C=O) groups excluding carboxylic acids is 1. The van der Waals surface area contributed by atoms with Crippen LogP contribution in [0.2, 0.25) is 0 Å². The van der Waals surface area contributed by atoms with E-state index in [0.717, 1.165) is 25.3 Å². The maximum atomic E-state index is 12.1. The van der Waals surface area contributed by atoms with E-state index in [-0.39, 0.29) is 12.8 Å². The molecule has 1 aromatic carbocycles. The molecule has 0 aliphatic carbocycles. The Balaban J connectivity index is 1.67. The molecule has 0 radical (unpaired) electrons. The lowest BCUT2D eigenvalue weighted by Crippen LogP contribution is -2.47. The number of amides is 2. The summed E-state index contributed by atoms with van der Waals surface area (Å²) >= 11 is 0. The summed E-state index contributed by atoms with van der Waals surface area (Å²) in [5.74, 6) is 2.70. The van der Waals surface area contributed by atoms with Gasteiger partial charge in [-0.1, -0.05) is 27.7 Å². The third kappa shape index (κ3) is 6.82. The van der Waals surface area contributed by atoms with E-state index < -0.39 is 0 Å². The molecular weight excluding hydrogens is 346 g/mol. The van der Waals surface area contributed by atoms with Crippen molar-refractivity contribution in [3.8, 4) is 17.2 Å². The Morgan fingerprint density at radius 3 is 2.63 bits per heavy atom. The Bertz CT molecular complexity index is 591. The second-order valence-electron chi connectivity index (χ2n) is 7.00. The normalized spacial score (nSPS) is 13.7. The quantitative estimate of drug-likeness (QED) is 0.579. The number of nitrogens with one attached hydrogen (secondary N) is 2. The van der Waals surface area contributed by atoms with Gasteiger partial charge in [0.1, 0.15) is 12.4 Å². The van der Waals surface area contributed by atoms with Crippen LogP contribution in [0, 0.1) is 5.92 Å². The van der Waals surface area contributed by atoms with Gasteiger partial charge in [-0.15, -0.1) is 0 Å². The highest BCUT2D eigenvalue weighted by Crippen LogP contribution is 2.34. The molecule has 1 aliphatic rings. The number of carbonyl (C=O) groups is 1. The number of hydrogen-bond donors (Lipinski definition) is 2. The summed E-state index contributed by atoms with van der Waals surface area (Å²) in [7, 11) is 0. The molecule has 1 aromatic rings. The first-order valence-electron chi connectivity index (χ1n) is 9.81. The van der Waals surface area contributed by atoms with Crippen molar-refractivity contribution in [3.63, 3.8) is 0 Å². The predicted octanol–water partition coefficient (Wildman–Crippen LogP) is 2.85. The summed E-state index contributed by atoms with van der Waals surface area (Å²) in [6, 6.07) is 5.64. The van der Waals surface area contributed by atoms with Crippen molar-refractivity contribution in [1.29, 1.82) is 0 Å². The van der Waals surface area contributed by atoms with Crippen LogP contribution >= 0.6 is 0 Å². The van der Waals surface area contributed by atoms with Crippen LogP contribution in [-0.2, 0) is 0 Å². The molecule has 1 heterocycles. The number of likely N-dealkylation sites (N-methyl/N-ethyl adjacent to an activating group) is 1. The molecule has 2 N–H and O–H groups in total. The van der Waals surface area contributed by atoms with Gasteiger partial charge in [-0.3, -0.25) is 4.90 Å². The minimum atomic E-state index is -0.162. The van der Waals surface area contributed by atoms with E-state index in [9.17, 15) is 4.79 Å². The summed E-state index contributed by atoms with van der Waals surface area (Å²) in [6.07, 6.45) is 1.06. The highest BCUT2D eigenvalue weighted by Gasteiger charge is 2.18. The molecular formula is C20H33N3O4. The number of ether oxygens (including phenoxy) is 3. The van der Waals surface area contributed by atoms with Crippen LogP contribution < -0.4 is 24.8 Å². The lowest BCUT2D eigenvalue weighted by molar-refractivity contribution is 0.173. The van der Waals surface area contributed by atoms with Crippen LogP contribution in [-0.4, -0.2) is 56.6 Å². The smallest absolute Gasteiger partial charge is 0.314 e. The number of hydrogen-bond acceptors (Lipinski definition) is 5. The van der Waals surface area contributed by atoms with E-state index in [1.807, 2.05) is 12.1 Å². The van der Waals surface area contributed by atoms with Crippen molar-refractivity contribution in [2.45, 2.75) is 40.2 Å². The van der Waals surface area contributed by atoms with E-state index in [2.05, 4.69) is 43.2 Å². The fraction of sp³-hybridized carbons (Fsp3) is 0.650. The van der Waals surface area contributed by atoms with E-state index in [0.29, 0.717) is 43.2 Å². The molecule has 152 valence electrons. The molecule has 0 bridgehead atoms. The van der Waals surface area contributed by atoms with Crippen LogP contribution in [0.4, 0.5) is 4.79 Å². The van der Waals surface area contributed by atoms with Crippen LogP contribution in [0.3, 0.4) is 0 Å². The van der Waals surface area contributed by atoms with Gasteiger partial charge in [0.25, 0.3) is 0 Å². The SMILES string of the molecule is CCN(CC)C(CNC(=O)NCCOc1ccc2c(c1)OCO2)CC(C)C. The molecule has 7 nitrogen and oxygen atoms in total. The highest BCUT2D eigenvalue weighted by molar-refractivity contribution is 5.73. The van der Waals surface area contributed by atoms with Gasteiger partial charge in [0, 0.05) is 18.7 Å². The molecule has 0 saturated carbocycles. The van der Waals surface area contributed by atoms with Crippen molar-refractivity contribution in [2.75, 3.05) is 39.6 Å². The van der Waals surface area contributed by atoms with Gasteiger partial charge in [0.05, 0.1) is 6.54 Å². The zero-order valence-corrected chi connectivity index (χ0v) is 16.9. The average molecular weight is 380 g/mol. The van der Waals surface area contributed by atoms with Crippen molar-refractivity contribution >= 4 is 6.03 Å². The second-order valence-corrected chi connectivity index (χ2v) is 7.00. The molecule has 0 fully saturated rings. The summed E-state index contributed by atoms with van der Waals surface area (Å²) < 4.78 is 16.2. The Kier molecular flexibility index (Phi) is 8.51. The van der Waals surface area contributed by atoms with E-state index in [1.54, 1.807) is 6.07 Å². The third-order valence-corrected chi connectivity index (χ3v) is 4.57. The van der Waals surface area contributed by atoms with Gasteiger partial charge in [-0.2, -0.15) is 0 Å². The first-order valence-corrected chi connectivity index (χ1v) is 9.81. The predicted molar refractivity (Wildman–Crippen MR) is 106 cm³/mol. The van der Waals surface area contributed by atoms with Gasteiger partial charge in [0.15, 0.2) is 11.5 Å². The van der Waals surface area contributed by atoms with Crippen molar-refractivity contribution in [2.24, 2.45) is 5.92 Å². The van der Waals surface area contributed by atoms with E-state index in [4.69, 9.17) is 14.2 Å². The summed E-state index contributed by atoms with van der Waals surface area (Å²) in [5, 5.41) is 5.83. The lowest BCUT2D eigenvalue weighted by atomic mass is 10.0. The Labute approximate surface area is 162 Å². The molecule has 27 heavy (non-hydrogen) atoms. The van der Waals surface area contributed by atoms with Crippen LogP contribution in [0.15, 0.2) is 18.2 Å². The maximum Gasteiger partial charge on any atom is 0.314 e. The molecule has 2 rings (SSSR count). The van der Waals surface area contributed by atoms with Crippen molar-refractivity contribution in [3.05, 3.63) is 18.2 Å². The summed E-state index contributed by atoms with van der Waals surface area (Å²) in [6.45, 7) is 12.4. The number of urea groups is 1. The topological polar surface area (TPSA) is 72.1 Å². The zero-order chi connectivity index (χ0) is 19.6. The molecule has 1 aliphatic heterocycles. The highest BCUT2D eigenvalue weighted by atomic mass is 16.7. The number of nitrogens with zero attached hydrogens (tertiary/aromatic N) is 1. The van der Waals surface area contributed by atoms with Gasteiger partial charge in [-0.25, -0.2) is 4.79 Å². The van der Waals surface area contributed by atoms with Gasteiger partial charge in [-0.05, 0) is 37.6 Å². The Morgan fingerprint density at radius 1 is 1.19 bits per heavy atom. The third-order valence-electron chi connectivity index (χ3n) is 4.57. The minimum Gasteiger partial charge on any atom is -0.492 e. The van der Waals surface area contributed by atoms with Crippen LogP contribution in [0.1, 0.15) is 34.1 Å². The average Bonchev–Trinajstić information content (AvgIpc) is 3.11. The molecule has 1 atom stereocenters. The zero-order valence-electron chi connectivity index (χ0n) is 16.9. The molecule has 0 aromatic heterocycles. The van der Waals surface area contributed by atoms with E-state index in [1.165, 1.54) is 0 Å². The standard InChI is InChI=1S/C20H33N3O4/c1-5-23(6-2)16(11-15(3)4)13-22-20(24)21-9-10-25-17-7-8-18-19(12-17)27-14-26-18/h7-8,12,15-16H,5-6,9-11,13-14H2,1-4H3,(H2,21,22,24). The first-order chi connectivity index (χ1) is 13.0. The lowest BCUT2D eigenvalue weighted by Gasteiger charge is -2.31. The van der Waals surface area contributed by atoms with Crippen LogP contribution in [0.5, 0.6) is 17.2 Å². The van der Waals surface area contributed by atoms with Gasteiger partial charge < -0.3 is 24.8 Å². The fourth-order valence-corrected chi connectivity index (χ4v) is 3.22. The van der Waals surface area contributed by atoms with Crippen LogP contribution in [0.25, 0.3) is 0 Å². The summed E-state index contributed by atoms with van der Waals surface area (Å²) in [4.78, 5) is 14.5. The monoisotopic (exact) mass is 379 g/mol. The number of rotatable bonds is 11. The Morgan fingerprint density at radius 2 is 1.93 bits per heavy atom. The molecule has 7 heteroatoms. The maximum absolute atomic E-state index is 12.1. The van der Waals surface area contributed by atoms with Gasteiger partial charge in [0.2, 0.25) is 6.79 Å². The molecule has 0 saturated heterocycles. The number of fused-ring (bicyclic) bond motifs is 1. The number of benzene rings is 1. The van der Waals surface area contributed by atoms with Gasteiger partial charge >= 0.3 is 6.03 Å². The fourth-order valence-electron chi connectivity index (χ4n) is 3.22. The largest absolute Gasteiger partial charge is 0.492 e. The minimum absolute atomic E-state index is 0.162. The van der Waals surface area contributed by atoms with E-state index >= 15 is 0 Å². The molecule has 1 unspecified atom stereocenters. The Hall–Kier alpha value is -2.15. The molecule has 2 amide bonds. The first kappa shape index (κ1) is 21.2. The van der Waals surface area contributed by atoms with Crippen molar-refractivity contribution in [1.82, 2.24) is 15.5 Å². The molecule has 0 spiro atoms.